The number of ether oxygens (including phenoxy) is 1. The predicted octanol–water partition coefficient (Wildman–Crippen LogP) is 3.05. The third kappa shape index (κ3) is 4.86. The van der Waals surface area contributed by atoms with Gasteiger partial charge in [0.25, 0.3) is 0 Å². The first-order valence-corrected chi connectivity index (χ1v) is 11.9. The molecule has 31 heavy (non-hydrogen) atoms. The molecule has 1 saturated heterocycles. The van der Waals surface area contributed by atoms with E-state index in [0.717, 1.165) is 44.7 Å². The molecule has 0 spiro atoms. The number of pyridine rings is 1. The molecule has 3 atom stereocenters. The minimum absolute atomic E-state index is 0.0915. The smallest absolute Gasteiger partial charge is 0.382 e. The van der Waals surface area contributed by atoms with E-state index >= 15 is 0 Å². The van der Waals surface area contributed by atoms with Gasteiger partial charge in [-0.1, -0.05) is 22.6 Å². The van der Waals surface area contributed by atoms with Crippen LogP contribution >= 0.6 is 22.6 Å². The summed E-state index contributed by atoms with van der Waals surface area (Å²) in [5.74, 6) is -0.172. The maximum atomic E-state index is 13.6. The fraction of sp³-hybridized carbons (Fsp3) is 0.714. The van der Waals surface area contributed by atoms with E-state index in [-0.39, 0.29) is 18.5 Å². The molecule has 0 aromatic carbocycles. The maximum Gasteiger partial charge on any atom is 0.417 e. The largest absolute Gasteiger partial charge is 0.417 e. The average molecular weight is 553 g/mol. The third-order valence-electron chi connectivity index (χ3n) is 6.78. The van der Waals surface area contributed by atoms with Gasteiger partial charge in [-0.25, -0.2) is 0 Å². The zero-order chi connectivity index (χ0) is 22.2. The molecule has 1 aromatic heterocycles. The minimum atomic E-state index is -4.47. The van der Waals surface area contributed by atoms with Crippen LogP contribution < -0.4 is 5.32 Å². The Morgan fingerprint density at radius 2 is 2.06 bits per heavy atom. The second-order valence-corrected chi connectivity index (χ2v) is 9.97. The summed E-state index contributed by atoms with van der Waals surface area (Å²) in [5.41, 5.74) is -0.685. The molecule has 1 saturated carbocycles. The number of hydrogen-bond acceptors (Lipinski definition) is 5. The zero-order valence-electron chi connectivity index (χ0n) is 17.1. The number of nitrogens with zero attached hydrogens (tertiary/aromatic N) is 2. The Balaban J connectivity index is 1.48. The molecule has 3 heterocycles. The molecule has 6 nitrogen and oxygen atoms in total. The van der Waals surface area contributed by atoms with Crippen molar-refractivity contribution >= 4 is 28.5 Å². The topological polar surface area (TPSA) is 74.7 Å². The van der Waals surface area contributed by atoms with Crippen molar-refractivity contribution in [3.05, 3.63) is 29.1 Å². The van der Waals surface area contributed by atoms with Crippen LogP contribution in [0, 0.1) is 5.41 Å². The van der Waals surface area contributed by atoms with Gasteiger partial charge in [-0.15, -0.1) is 0 Å². The van der Waals surface area contributed by atoms with E-state index in [1.165, 1.54) is 0 Å². The van der Waals surface area contributed by atoms with Crippen LogP contribution in [0.3, 0.4) is 0 Å². The van der Waals surface area contributed by atoms with Crippen molar-refractivity contribution in [2.75, 3.05) is 19.8 Å². The number of carbonyl (C=O) groups is 1. The Kier molecular flexibility index (Phi) is 6.81. The van der Waals surface area contributed by atoms with E-state index < -0.39 is 21.3 Å². The Morgan fingerprint density at radius 1 is 1.32 bits per heavy atom. The predicted molar refractivity (Wildman–Crippen MR) is 115 cm³/mol. The molecule has 1 aromatic rings. The van der Waals surface area contributed by atoms with E-state index in [4.69, 9.17) is 4.74 Å². The fourth-order valence-corrected chi connectivity index (χ4v) is 5.83. The molecule has 2 aliphatic heterocycles. The zero-order valence-corrected chi connectivity index (χ0v) is 19.3. The summed E-state index contributed by atoms with van der Waals surface area (Å²) in [7, 11) is 0. The van der Waals surface area contributed by atoms with Crippen molar-refractivity contribution in [3.63, 3.8) is 0 Å². The first-order chi connectivity index (χ1) is 14.7. The monoisotopic (exact) mass is 553 g/mol. The molecule has 0 unspecified atom stereocenters. The van der Waals surface area contributed by atoms with Gasteiger partial charge >= 0.3 is 6.18 Å². The normalized spacial score (nSPS) is 28.4. The van der Waals surface area contributed by atoms with E-state index in [2.05, 4.69) is 10.3 Å². The van der Waals surface area contributed by atoms with Gasteiger partial charge in [0.2, 0.25) is 5.91 Å². The van der Waals surface area contributed by atoms with Gasteiger partial charge in [-0.05, 0) is 43.7 Å². The van der Waals surface area contributed by atoms with Crippen molar-refractivity contribution in [2.24, 2.45) is 5.41 Å². The molecule has 1 aliphatic carbocycles. The number of carbonyl (C=O) groups excluding carboxylic acids is 1. The summed E-state index contributed by atoms with van der Waals surface area (Å²) >= 11 is 1.90. The van der Waals surface area contributed by atoms with Crippen LogP contribution in [0.4, 0.5) is 13.2 Å². The lowest BCUT2D eigenvalue weighted by Gasteiger charge is -2.38. The van der Waals surface area contributed by atoms with Crippen molar-refractivity contribution in [2.45, 2.75) is 67.4 Å². The van der Waals surface area contributed by atoms with Crippen LogP contribution in [0.2, 0.25) is 0 Å². The summed E-state index contributed by atoms with van der Waals surface area (Å²) < 4.78 is 43.8. The highest BCUT2D eigenvalue weighted by atomic mass is 127. The maximum absolute atomic E-state index is 13.6. The first kappa shape index (κ1) is 23.2. The van der Waals surface area contributed by atoms with E-state index in [1.807, 2.05) is 22.6 Å². The average Bonchev–Trinajstić information content (AvgIpc) is 3.17. The van der Waals surface area contributed by atoms with Crippen LogP contribution in [0.1, 0.15) is 48.9 Å². The van der Waals surface area contributed by atoms with E-state index in [9.17, 15) is 23.1 Å². The lowest BCUT2D eigenvalue weighted by Crippen LogP contribution is -2.50. The Hall–Kier alpha value is -0.980. The van der Waals surface area contributed by atoms with Gasteiger partial charge in [0.15, 0.2) is 0 Å². The molecule has 0 bridgehead atoms. The van der Waals surface area contributed by atoms with Gasteiger partial charge in [0.1, 0.15) is 4.11 Å². The summed E-state index contributed by atoms with van der Waals surface area (Å²) in [5, 5.41) is 14.2. The van der Waals surface area contributed by atoms with Gasteiger partial charge in [-0.2, -0.15) is 13.2 Å². The number of fused-ring (bicyclic) bond motifs is 1. The van der Waals surface area contributed by atoms with Gasteiger partial charge in [0.05, 0.1) is 11.0 Å². The highest BCUT2D eigenvalue weighted by Gasteiger charge is 2.52. The number of aromatic nitrogens is 1. The molecule has 172 valence electrons. The number of amides is 1. The Morgan fingerprint density at radius 3 is 2.74 bits per heavy atom. The first-order valence-electron chi connectivity index (χ1n) is 10.7. The minimum Gasteiger partial charge on any atom is -0.382 e. The van der Waals surface area contributed by atoms with E-state index in [0.29, 0.717) is 43.1 Å². The van der Waals surface area contributed by atoms with Crippen LogP contribution in [0.25, 0.3) is 0 Å². The third-order valence-corrected chi connectivity index (χ3v) is 7.97. The molecule has 4 rings (SSSR count). The molecule has 2 fully saturated rings. The molecular formula is C21H27F3IN3O3. The second kappa shape index (κ2) is 9.11. The van der Waals surface area contributed by atoms with Crippen molar-refractivity contribution in [1.29, 1.82) is 0 Å². The van der Waals surface area contributed by atoms with Crippen molar-refractivity contribution in [3.8, 4) is 0 Å². The summed E-state index contributed by atoms with van der Waals surface area (Å²) in [6, 6.07) is 1.58. The number of alkyl halides is 4. The SMILES string of the molecule is O=C(N1CCc2ncc(C(F)(F)F)cc2C1)[C@@]1([C@@H](O)I)CC[C@@H](NC2CCOCC2)C1. The van der Waals surface area contributed by atoms with Gasteiger partial charge in [0, 0.05) is 56.7 Å². The Bertz CT molecular complexity index is 817. The van der Waals surface area contributed by atoms with Crippen molar-refractivity contribution < 1.29 is 27.8 Å². The number of nitrogens with one attached hydrogen (secondary N) is 1. The van der Waals surface area contributed by atoms with E-state index in [1.54, 1.807) is 4.90 Å². The lowest BCUT2D eigenvalue weighted by molar-refractivity contribution is -0.146. The number of rotatable bonds is 4. The highest BCUT2D eigenvalue weighted by molar-refractivity contribution is 14.1. The number of aliphatic hydroxyl groups excluding tert-OH is 1. The summed E-state index contributed by atoms with van der Waals surface area (Å²) in [6.45, 7) is 1.94. The van der Waals surface area contributed by atoms with Crippen LogP contribution in [0.15, 0.2) is 12.3 Å². The molecule has 0 radical (unpaired) electrons. The van der Waals surface area contributed by atoms with Crippen LogP contribution in [0.5, 0.6) is 0 Å². The highest BCUT2D eigenvalue weighted by Crippen LogP contribution is 2.46. The Labute approximate surface area is 193 Å². The fourth-order valence-electron chi connectivity index (χ4n) is 5.00. The molecule has 3 aliphatic rings. The number of hydrogen-bond donors (Lipinski definition) is 2. The van der Waals surface area contributed by atoms with Crippen LogP contribution in [-0.2, 0) is 28.7 Å². The van der Waals surface area contributed by atoms with Gasteiger partial charge in [-0.3, -0.25) is 9.78 Å². The standard InChI is InChI=1S/C21H27F3IN3O3/c22-21(23,24)14-9-13-12-28(6-2-17(13)26-11-14)19(30)20(18(25)29)5-1-16(10-20)27-15-3-7-31-8-4-15/h9,11,15-16,18,27,29H,1-8,10,12H2/t16-,18-,20+/m1/s1. The second-order valence-electron chi connectivity index (χ2n) is 8.79. The quantitative estimate of drug-likeness (QED) is 0.443. The molecule has 2 N–H and O–H groups in total. The van der Waals surface area contributed by atoms with Gasteiger partial charge < -0.3 is 20.1 Å². The summed E-state index contributed by atoms with van der Waals surface area (Å²) in [6.07, 6.45) is 0.532. The van der Waals surface area contributed by atoms with Crippen LogP contribution in [-0.4, -0.2) is 56.9 Å². The lowest BCUT2D eigenvalue weighted by atomic mass is 9.84. The number of aliphatic hydroxyl groups is 1. The molecule has 1 amide bonds. The summed E-state index contributed by atoms with van der Waals surface area (Å²) in [4.78, 5) is 19.1. The molecule has 10 heteroatoms. The molecular weight excluding hydrogens is 526 g/mol. The number of halogens is 4. The van der Waals surface area contributed by atoms with Crippen molar-refractivity contribution in [1.82, 2.24) is 15.2 Å².